The standard InChI is InChI=1S/C12H16O2.C8H8O.C8H8.C7H12O2/c1-4-11-6-8-12(9-7-11)14-10(3)13-5-2;1-2-7-3-5-8(9)6-4-7;1-2-8-6-4-3-5-7-8;1-5-6(8)9-7(2,3)4/h4,6-10H,1,5H2,2-3H3;2-6,9H,1H2;2-7H,1H2;5H,1H2,2-4H3. The van der Waals surface area contributed by atoms with Gasteiger partial charge in [0.05, 0.1) is 0 Å². The fourth-order valence-corrected chi connectivity index (χ4v) is 2.69. The van der Waals surface area contributed by atoms with Crippen LogP contribution in [0.25, 0.3) is 18.2 Å². The van der Waals surface area contributed by atoms with Gasteiger partial charge >= 0.3 is 5.97 Å². The molecule has 0 aromatic heterocycles. The lowest BCUT2D eigenvalue weighted by Crippen LogP contribution is -2.22. The molecule has 0 fully saturated rings. The van der Waals surface area contributed by atoms with Crippen molar-refractivity contribution >= 4 is 24.2 Å². The molecule has 1 atom stereocenters. The van der Waals surface area contributed by atoms with Crippen molar-refractivity contribution in [1.82, 2.24) is 0 Å². The number of phenols is 1. The van der Waals surface area contributed by atoms with Gasteiger partial charge in [-0.05, 0) is 75.6 Å². The Hall–Kier alpha value is -4.35. The molecule has 1 N–H and O–H groups in total. The van der Waals surface area contributed by atoms with Gasteiger partial charge in [-0.25, -0.2) is 4.79 Å². The molecular formula is C35H44O5. The Bertz CT molecular complexity index is 1130. The number of carbonyl (C=O) groups is 1. The number of hydrogen-bond donors (Lipinski definition) is 1. The van der Waals surface area contributed by atoms with E-state index in [9.17, 15) is 4.79 Å². The van der Waals surface area contributed by atoms with Crippen LogP contribution < -0.4 is 4.74 Å². The number of aromatic hydroxyl groups is 1. The van der Waals surface area contributed by atoms with Crippen LogP contribution in [0.5, 0.6) is 11.5 Å². The smallest absolute Gasteiger partial charge is 0.330 e. The van der Waals surface area contributed by atoms with E-state index in [1.807, 2.05) is 107 Å². The fourth-order valence-electron chi connectivity index (χ4n) is 2.69. The van der Waals surface area contributed by atoms with Gasteiger partial charge in [-0.3, -0.25) is 0 Å². The zero-order valence-electron chi connectivity index (χ0n) is 24.5. The summed E-state index contributed by atoms with van der Waals surface area (Å²) in [7, 11) is 0. The fraction of sp³-hybridized carbons (Fsp3) is 0.229. The Morgan fingerprint density at radius 2 is 1.25 bits per heavy atom. The third-order valence-corrected chi connectivity index (χ3v) is 4.56. The van der Waals surface area contributed by atoms with Crippen LogP contribution in [0.3, 0.4) is 0 Å². The third-order valence-electron chi connectivity index (χ3n) is 4.56. The second-order valence-electron chi connectivity index (χ2n) is 9.06. The van der Waals surface area contributed by atoms with Gasteiger partial charge in [-0.2, -0.15) is 0 Å². The summed E-state index contributed by atoms with van der Waals surface area (Å²) in [6, 6.07) is 24.7. The van der Waals surface area contributed by atoms with Crippen LogP contribution in [0.1, 0.15) is 51.3 Å². The molecule has 0 saturated heterocycles. The third kappa shape index (κ3) is 18.8. The average Bonchev–Trinajstić information content (AvgIpc) is 2.94. The number of carbonyl (C=O) groups excluding carboxylic acids is 1. The van der Waals surface area contributed by atoms with Gasteiger partial charge in [-0.1, -0.05) is 99.1 Å². The number of phenolic OH excluding ortho intramolecular Hbond substituents is 1. The Balaban J connectivity index is 0.000000521. The maximum absolute atomic E-state index is 10.5. The maximum atomic E-state index is 10.5. The summed E-state index contributed by atoms with van der Waals surface area (Å²) in [5.41, 5.74) is 2.88. The molecule has 3 aromatic carbocycles. The number of rotatable bonds is 8. The highest BCUT2D eigenvalue weighted by Gasteiger charge is 2.12. The molecule has 1 unspecified atom stereocenters. The van der Waals surface area contributed by atoms with Crippen LogP contribution in [0.15, 0.2) is 111 Å². The molecule has 0 aliphatic rings. The van der Waals surface area contributed by atoms with Crippen LogP contribution in [0.4, 0.5) is 0 Å². The number of hydrogen-bond acceptors (Lipinski definition) is 5. The monoisotopic (exact) mass is 544 g/mol. The molecule has 0 radical (unpaired) electrons. The number of esters is 1. The van der Waals surface area contributed by atoms with E-state index in [0.717, 1.165) is 23.0 Å². The first-order valence-electron chi connectivity index (χ1n) is 12.9. The summed E-state index contributed by atoms with van der Waals surface area (Å²) < 4.78 is 15.6. The Morgan fingerprint density at radius 1 is 0.800 bits per heavy atom. The molecular weight excluding hydrogens is 500 g/mol. The summed E-state index contributed by atoms with van der Waals surface area (Å²) in [4.78, 5) is 10.5. The lowest BCUT2D eigenvalue weighted by atomic mass is 10.2. The quantitative estimate of drug-likeness (QED) is 0.174. The Kier molecular flexibility index (Phi) is 18.4. The van der Waals surface area contributed by atoms with Crippen LogP contribution >= 0.6 is 0 Å². The molecule has 40 heavy (non-hydrogen) atoms. The van der Waals surface area contributed by atoms with Crippen molar-refractivity contribution in [3.8, 4) is 11.5 Å². The highest BCUT2D eigenvalue weighted by Crippen LogP contribution is 2.14. The van der Waals surface area contributed by atoms with Crippen LogP contribution in [-0.4, -0.2) is 29.6 Å². The topological polar surface area (TPSA) is 65.0 Å². The molecule has 5 heteroatoms. The Morgan fingerprint density at radius 3 is 1.60 bits per heavy atom. The van der Waals surface area contributed by atoms with Crippen molar-refractivity contribution in [1.29, 1.82) is 0 Å². The van der Waals surface area contributed by atoms with Gasteiger partial charge < -0.3 is 19.3 Å². The maximum Gasteiger partial charge on any atom is 0.330 e. The van der Waals surface area contributed by atoms with E-state index in [2.05, 4.69) is 26.3 Å². The molecule has 5 nitrogen and oxygen atoms in total. The highest BCUT2D eigenvalue weighted by molar-refractivity contribution is 5.81. The van der Waals surface area contributed by atoms with Crippen LogP contribution in [0, 0.1) is 0 Å². The average molecular weight is 545 g/mol. The molecule has 0 amide bonds. The Labute approximate surface area is 240 Å². The molecule has 0 bridgehead atoms. The normalized spacial score (nSPS) is 10.3. The minimum absolute atomic E-state index is 0.199. The van der Waals surface area contributed by atoms with Gasteiger partial charge in [0.2, 0.25) is 0 Å². The molecule has 0 aliphatic carbocycles. The van der Waals surface area contributed by atoms with Crippen molar-refractivity contribution in [3.05, 3.63) is 128 Å². The lowest BCUT2D eigenvalue weighted by Gasteiger charge is -2.17. The van der Waals surface area contributed by atoms with Gasteiger partial charge in [-0.15, -0.1) is 0 Å². The largest absolute Gasteiger partial charge is 0.508 e. The molecule has 3 aromatic rings. The summed E-state index contributed by atoms with van der Waals surface area (Å²) >= 11 is 0. The summed E-state index contributed by atoms with van der Waals surface area (Å²) in [5.74, 6) is 0.736. The summed E-state index contributed by atoms with van der Waals surface area (Å²) in [5, 5.41) is 8.82. The first-order valence-corrected chi connectivity index (χ1v) is 12.9. The van der Waals surface area contributed by atoms with E-state index in [1.54, 1.807) is 24.3 Å². The van der Waals surface area contributed by atoms with Crippen molar-refractivity contribution < 1.29 is 24.1 Å². The molecule has 0 heterocycles. The first kappa shape index (κ1) is 35.6. The van der Waals surface area contributed by atoms with E-state index < -0.39 is 5.60 Å². The van der Waals surface area contributed by atoms with Gasteiger partial charge in [0, 0.05) is 12.7 Å². The van der Waals surface area contributed by atoms with Crippen LogP contribution in [0.2, 0.25) is 0 Å². The van der Waals surface area contributed by atoms with E-state index in [-0.39, 0.29) is 12.3 Å². The van der Waals surface area contributed by atoms with Crippen molar-refractivity contribution in [2.75, 3.05) is 6.61 Å². The molecule has 0 aliphatic heterocycles. The van der Waals surface area contributed by atoms with E-state index >= 15 is 0 Å². The number of ether oxygens (including phenoxy) is 3. The van der Waals surface area contributed by atoms with Crippen LogP contribution in [-0.2, 0) is 14.3 Å². The van der Waals surface area contributed by atoms with E-state index in [0.29, 0.717) is 12.4 Å². The van der Waals surface area contributed by atoms with Crippen molar-refractivity contribution in [3.63, 3.8) is 0 Å². The number of benzene rings is 3. The SMILES string of the molecule is C=CC(=O)OC(C)(C)C.C=Cc1ccc(O)cc1.C=Cc1ccc(OC(C)OCC)cc1.C=Cc1ccccc1. The predicted molar refractivity (Wildman–Crippen MR) is 169 cm³/mol. The molecule has 214 valence electrons. The lowest BCUT2D eigenvalue weighted by molar-refractivity contribution is -0.148. The van der Waals surface area contributed by atoms with Crippen molar-refractivity contribution in [2.24, 2.45) is 0 Å². The van der Waals surface area contributed by atoms with Gasteiger partial charge in [0.15, 0.2) is 6.29 Å². The minimum Gasteiger partial charge on any atom is -0.508 e. The van der Waals surface area contributed by atoms with E-state index in [1.165, 1.54) is 5.56 Å². The zero-order chi connectivity index (χ0) is 30.4. The van der Waals surface area contributed by atoms with E-state index in [4.69, 9.17) is 19.3 Å². The second-order valence-corrected chi connectivity index (χ2v) is 9.06. The highest BCUT2D eigenvalue weighted by atomic mass is 16.7. The van der Waals surface area contributed by atoms with Gasteiger partial charge in [0.1, 0.15) is 17.1 Å². The predicted octanol–water partition coefficient (Wildman–Crippen LogP) is 8.97. The van der Waals surface area contributed by atoms with Gasteiger partial charge in [0.25, 0.3) is 0 Å². The molecule has 0 saturated carbocycles. The second kappa shape index (κ2) is 20.6. The summed E-state index contributed by atoms with van der Waals surface area (Å²) in [6.07, 6.45) is 6.33. The molecule has 0 spiro atoms. The zero-order valence-corrected chi connectivity index (χ0v) is 24.5. The molecule has 3 rings (SSSR count). The van der Waals surface area contributed by atoms with Crippen molar-refractivity contribution in [2.45, 2.75) is 46.5 Å². The first-order chi connectivity index (χ1) is 19.0. The summed E-state index contributed by atoms with van der Waals surface area (Å²) in [6.45, 7) is 24.1. The minimum atomic E-state index is -0.398.